The van der Waals surface area contributed by atoms with E-state index in [2.05, 4.69) is 5.32 Å². The highest BCUT2D eigenvalue weighted by atomic mass is 16.3. The van der Waals surface area contributed by atoms with E-state index in [0.717, 1.165) is 6.54 Å². The summed E-state index contributed by atoms with van der Waals surface area (Å²) in [5, 5.41) is 12.9. The Morgan fingerprint density at radius 2 is 2.08 bits per heavy atom. The Labute approximate surface area is 74.4 Å². The second-order valence-electron chi connectivity index (χ2n) is 4.31. The van der Waals surface area contributed by atoms with Gasteiger partial charge in [0.2, 0.25) is 0 Å². The molecule has 0 aromatic heterocycles. The van der Waals surface area contributed by atoms with Crippen LogP contribution in [0.2, 0.25) is 0 Å². The number of hydrogen-bond acceptors (Lipinski definition) is 2. The average molecular weight is 169 g/mol. The van der Waals surface area contributed by atoms with E-state index in [4.69, 9.17) is 0 Å². The standard InChI is InChI=1S/C10H19NO/c12-8-9-4-1-2-5-10(9)6-3-7-11-10/h9,11-12H,1-8H2. The highest BCUT2D eigenvalue weighted by Gasteiger charge is 2.41. The SMILES string of the molecule is OCC1CCCCC12CCCN2. The highest BCUT2D eigenvalue weighted by molar-refractivity contribution is 5.00. The quantitative estimate of drug-likeness (QED) is 0.620. The van der Waals surface area contributed by atoms with Crippen molar-refractivity contribution in [3.8, 4) is 0 Å². The molecule has 2 nitrogen and oxygen atoms in total. The molecule has 0 radical (unpaired) electrons. The Balaban J connectivity index is 2.07. The third kappa shape index (κ3) is 1.27. The zero-order valence-electron chi connectivity index (χ0n) is 7.68. The molecule has 1 saturated heterocycles. The minimum absolute atomic E-state index is 0.340. The molecule has 0 amide bonds. The van der Waals surface area contributed by atoms with Crippen LogP contribution in [0.1, 0.15) is 38.5 Å². The summed E-state index contributed by atoms with van der Waals surface area (Å²) >= 11 is 0. The van der Waals surface area contributed by atoms with Crippen molar-refractivity contribution in [3.63, 3.8) is 0 Å². The number of hydrogen-bond donors (Lipinski definition) is 2. The van der Waals surface area contributed by atoms with Gasteiger partial charge in [0.15, 0.2) is 0 Å². The van der Waals surface area contributed by atoms with E-state index < -0.39 is 0 Å². The molecule has 1 saturated carbocycles. The molecule has 1 aliphatic heterocycles. The van der Waals surface area contributed by atoms with E-state index in [9.17, 15) is 5.11 Å². The minimum atomic E-state index is 0.340. The Morgan fingerprint density at radius 3 is 2.75 bits per heavy atom. The molecular weight excluding hydrogens is 150 g/mol. The largest absolute Gasteiger partial charge is 0.396 e. The second kappa shape index (κ2) is 3.35. The van der Waals surface area contributed by atoms with Gasteiger partial charge in [0.25, 0.3) is 0 Å². The van der Waals surface area contributed by atoms with E-state index in [0.29, 0.717) is 18.1 Å². The molecule has 1 spiro atoms. The van der Waals surface area contributed by atoms with Crippen LogP contribution in [0, 0.1) is 5.92 Å². The van der Waals surface area contributed by atoms with E-state index in [1.54, 1.807) is 0 Å². The summed E-state index contributed by atoms with van der Waals surface area (Å²) in [5.74, 6) is 0.536. The molecule has 12 heavy (non-hydrogen) atoms. The monoisotopic (exact) mass is 169 g/mol. The first-order valence-corrected chi connectivity index (χ1v) is 5.23. The Kier molecular flexibility index (Phi) is 2.37. The normalized spacial score (nSPS) is 42.2. The van der Waals surface area contributed by atoms with Gasteiger partial charge in [0, 0.05) is 18.1 Å². The lowest BCUT2D eigenvalue weighted by Gasteiger charge is -2.40. The molecule has 2 heteroatoms. The first-order valence-electron chi connectivity index (χ1n) is 5.23. The van der Waals surface area contributed by atoms with Gasteiger partial charge < -0.3 is 10.4 Å². The second-order valence-corrected chi connectivity index (χ2v) is 4.31. The van der Waals surface area contributed by atoms with Crippen molar-refractivity contribution in [2.45, 2.75) is 44.1 Å². The summed E-state index contributed by atoms with van der Waals surface area (Å²) in [4.78, 5) is 0. The number of rotatable bonds is 1. The molecule has 1 aliphatic carbocycles. The van der Waals surface area contributed by atoms with E-state index in [1.165, 1.54) is 38.5 Å². The van der Waals surface area contributed by atoms with E-state index >= 15 is 0 Å². The van der Waals surface area contributed by atoms with Crippen molar-refractivity contribution in [2.24, 2.45) is 5.92 Å². The zero-order valence-corrected chi connectivity index (χ0v) is 7.68. The number of aliphatic hydroxyl groups excluding tert-OH is 1. The molecule has 2 rings (SSSR count). The predicted octanol–water partition coefficient (Wildman–Crippen LogP) is 1.29. The Bertz CT molecular complexity index is 152. The molecule has 2 aliphatic rings. The maximum Gasteiger partial charge on any atom is 0.0476 e. The molecular formula is C10H19NO. The van der Waals surface area contributed by atoms with Crippen LogP contribution in [0.25, 0.3) is 0 Å². The van der Waals surface area contributed by atoms with Gasteiger partial charge in [0.1, 0.15) is 0 Å². The number of nitrogens with one attached hydrogen (secondary N) is 1. The highest BCUT2D eigenvalue weighted by Crippen LogP contribution is 2.39. The van der Waals surface area contributed by atoms with Crippen LogP contribution in [-0.4, -0.2) is 23.8 Å². The van der Waals surface area contributed by atoms with Gasteiger partial charge in [-0.1, -0.05) is 12.8 Å². The molecule has 2 N–H and O–H groups in total. The van der Waals surface area contributed by atoms with E-state index in [-0.39, 0.29) is 0 Å². The van der Waals surface area contributed by atoms with Crippen LogP contribution in [0.4, 0.5) is 0 Å². The lowest BCUT2D eigenvalue weighted by Crippen LogP contribution is -2.50. The van der Waals surface area contributed by atoms with Crippen molar-refractivity contribution in [1.29, 1.82) is 0 Å². The van der Waals surface area contributed by atoms with Crippen LogP contribution in [-0.2, 0) is 0 Å². The molecule has 0 aromatic carbocycles. The van der Waals surface area contributed by atoms with Gasteiger partial charge in [-0.3, -0.25) is 0 Å². The Morgan fingerprint density at radius 1 is 1.25 bits per heavy atom. The number of aliphatic hydroxyl groups is 1. The molecule has 2 unspecified atom stereocenters. The molecule has 0 aromatic rings. The van der Waals surface area contributed by atoms with Crippen molar-refractivity contribution in [2.75, 3.05) is 13.2 Å². The lowest BCUT2D eigenvalue weighted by molar-refractivity contribution is 0.0945. The maximum absolute atomic E-state index is 9.28. The summed E-state index contributed by atoms with van der Waals surface area (Å²) in [6.45, 7) is 1.55. The van der Waals surface area contributed by atoms with Crippen LogP contribution >= 0.6 is 0 Å². The Hall–Kier alpha value is -0.0800. The lowest BCUT2D eigenvalue weighted by atomic mass is 9.72. The van der Waals surface area contributed by atoms with Crippen LogP contribution in [0.3, 0.4) is 0 Å². The fraction of sp³-hybridized carbons (Fsp3) is 1.00. The summed E-state index contributed by atoms with van der Waals surface area (Å²) in [7, 11) is 0. The molecule has 1 heterocycles. The smallest absolute Gasteiger partial charge is 0.0476 e. The van der Waals surface area contributed by atoms with Crippen molar-refractivity contribution >= 4 is 0 Å². The summed E-state index contributed by atoms with van der Waals surface area (Å²) < 4.78 is 0. The van der Waals surface area contributed by atoms with Crippen molar-refractivity contribution < 1.29 is 5.11 Å². The molecule has 70 valence electrons. The average Bonchev–Trinajstić information content (AvgIpc) is 2.55. The summed E-state index contributed by atoms with van der Waals surface area (Å²) in [6, 6.07) is 0. The summed E-state index contributed by atoms with van der Waals surface area (Å²) in [5.41, 5.74) is 0.340. The first kappa shape index (κ1) is 8.52. The van der Waals surface area contributed by atoms with Crippen LogP contribution in [0.15, 0.2) is 0 Å². The predicted molar refractivity (Wildman–Crippen MR) is 49.0 cm³/mol. The van der Waals surface area contributed by atoms with Gasteiger partial charge in [-0.15, -0.1) is 0 Å². The fourth-order valence-electron chi connectivity index (χ4n) is 2.97. The topological polar surface area (TPSA) is 32.3 Å². The van der Waals surface area contributed by atoms with Gasteiger partial charge in [-0.25, -0.2) is 0 Å². The van der Waals surface area contributed by atoms with E-state index in [1.807, 2.05) is 0 Å². The third-order valence-electron chi connectivity index (χ3n) is 3.70. The third-order valence-corrected chi connectivity index (χ3v) is 3.70. The molecule has 2 fully saturated rings. The molecule has 2 atom stereocenters. The van der Waals surface area contributed by atoms with Gasteiger partial charge >= 0.3 is 0 Å². The molecule has 0 bridgehead atoms. The van der Waals surface area contributed by atoms with Gasteiger partial charge in [0.05, 0.1) is 0 Å². The van der Waals surface area contributed by atoms with Crippen molar-refractivity contribution in [3.05, 3.63) is 0 Å². The fourth-order valence-corrected chi connectivity index (χ4v) is 2.97. The summed E-state index contributed by atoms with van der Waals surface area (Å²) in [6.07, 6.45) is 7.77. The van der Waals surface area contributed by atoms with Crippen LogP contribution < -0.4 is 5.32 Å². The zero-order chi connectivity index (χ0) is 8.44. The van der Waals surface area contributed by atoms with Crippen LogP contribution in [0.5, 0.6) is 0 Å². The van der Waals surface area contributed by atoms with Gasteiger partial charge in [-0.05, 0) is 32.2 Å². The van der Waals surface area contributed by atoms with Crippen molar-refractivity contribution in [1.82, 2.24) is 5.32 Å². The maximum atomic E-state index is 9.28. The van der Waals surface area contributed by atoms with Gasteiger partial charge in [-0.2, -0.15) is 0 Å². The minimum Gasteiger partial charge on any atom is -0.396 e. The first-order chi connectivity index (χ1) is 5.87.